The van der Waals surface area contributed by atoms with E-state index in [1.54, 1.807) is 38.1 Å². The van der Waals surface area contributed by atoms with Gasteiger partial charge in [-0.1, -0.05) is 25.3 Å². The molecular weight excluding hydrogens is 396 g/mol. The van der Waals surface area contributed by atoms with Crippen molar-refractivity contribution >= 4 is 11.9 Å². The van der Waals surface area contributed by atoms with Crippen LogP contribution in [0.3, 0.4) is 0 Å². The van der Waals surface area contributed by atoms with E-state index in [0.717, 1.165) is 11.1 Å². The first-order valence-corrected chi connectivity index (χ1v) is 10.0. The minimum absolute atomic E-state index is 0.316. The number of hydrogen-bond donors (Lipinski definition) is 0. The number of carbonyl (C=O) groups is 2. The van der Waals surface area contributed by atoms with Gasteiger partial charge in [-0.3, -0.25) is 0 Å². The lowest BCUT2D eigenvalue weighted by Crippen LogP contribution is -2.09. The molecule has 31 heavy (non-hydrogen) atoms. The molecule has 0 unspecified atom stereocenters. The van der Waals surface area contributed by atoms with Crippen molar-refractivity contribution in [2.24, 2.45) is 0 Å². The Hall–Kier alpha value is -3.54. The van der Waals surface area contributed by atoms with Crippen LogP contribution in [0, 0.1) is 0 Å². The van der Waals surface area contributed by atoms with Crippen molar-refractivity contribution in [1.82, 2.24) is 0 Å². The van der Waals surface area contributed by atoms with E-state index < -0.39 is 11.9 Å². The molecule has 0 saturated heterocycles. The predicted octanol–water partition coefficient (Wildman–Crippen LogP) is 5.04. The highest BCUT2D eigenvalue weighted by Crippen LogP contribution is 2.32. The summed E-state index contributed by atoms with van der Waals surface area (Å²) < 4.78 is 22.1. The smallest absolute Gasteiger partial charge is 0.338 e. The highest BCUT2D eigenvalue weighted by Gasteiger charge is 2.14. The van der Waals surface area contributed by atoms with Crippen molar-refractivity contribution in [3.05, 3.63) is 71.8 Å². The van der Waals surface area contributed by atoms with Gasteiger partial charge in [0.25, 0.3) is 0 Å². The molecule has 6 nitrogen and oxygen atoms in total. The van der Waals surface area contributed by atoms with Gasteiger partial charge in [-0.2, -0.15) is 0 Å². The van der Waals surface area contributed by atoms with Gasteiger partial charge >= 0.3 is 11.9 Å². The Morgan fingerprint density at radius 2 is 1.13 bits per heavy atom. The molecule has 0 aromatic heterocycles. The zero-order valence-corrected chi connectivity index (χ0v) is 18.4. The van der Waals surface area contributed by atoms with Crippen LogP contribution in [0.15, 0.2) is 60.7 Å². The maximum atomic E-state index is 11.8. The fourth-order valence-electron chi connectivity index (χ4n) is 2.66. The zero-order chi connectivity index (χ0) is 23.0. The normalized spacial score (nSPS) is 10.2. The van der Waals surface area contributed by atoms with Crippen molar-refractivity contribution in [2.45, 2.75) is 34.1 Å². The SMILES string of the molecule is C=C(C)C(=O)Oc1ccc(Cc2ccc(OC(=O)C(=C)C)cc2OCC)c(OCC)c1. The van der Waals surface area contributed by atoms with Crippen molar-refractivity contribution < 1.29 is 28.5 Å². The lowest BCUT2D eigenvalue weighted by molar-refractivity contribution is -0.130. The topological polar surface area (TPSA) is 71.1 Å². The second-order valence-electron chi connectivity index (χ2n) is 6.92. The molecule has 0 amide bonds. The minimum Gasteiger partial charge on any atom is -0.493 e. The molecule has 6 heteroatoms. The lowest BCUT2D eigenvalue weighted by atomic mass is 10.0. The Balaban J connectivity index is 2.32. The van der Waals surface area contributed by atoms with Crippen LogP contribution in [0.5, 0.6) is 23.0 Å². The maximum Gasteiger partial charge on any atom is 0.338 e. The first-order chi connectivity index (χ1) is 14.7. The van der Waals surface area contributed by atoms with Crippen LogP contribution in [0.25, 0.3) is 0 Å². The van der Waals surface area contributed by atoms with Gasteiger partial charge in [0.1, 0.15) is 23.0 Å². The van der Waals surface area contributed by atoms with Crippen LogP contribution < -0.4 is 18.9 Å². The maximum absolute atomic E-state index is 11.8. The number of hydrogen-bond acceptors (Lipinski definition) is 6. The van der Waals surface area contributed by atoms with Crippen LogP contribution in [-0.4, -0.2) is 25.2 Å². The molecule has 0 aliphatic heterocycles. The Morgan fingerprint density at radius 3 is 1.45 bits per heavy atom. The fourth-order valence-corrected chi connectivity index (χ4v) is 2.66. The van der Waals surface area contributed by atoms with Crippen LogP contribution in [0.1, 0.15) is 38.8 Å². The van der Waals surface area contributed by atoms with Crippen LogP contribution in [0.2, 0.25) is 0 Å². The van der Waals surface area contributed by atoms with Gasteiger partial charge in [-0.25, -0.2) is 9.59 Å². The van der Waals surface area contributed by atoms with E-state index >= 15 is 0 Å². The van der Waals surface area contributed by atoms with E-state index in [9.17, 15) is 9.59 Å². The number of rotatable bonds is 10. The van der Waals surface area contributed by atoms with Gasteiger partial charge in [0, 0.05) is 29.7 Å². The summed E-state index contributed by atoms with van der Waals surface area (Å²) in [7, 11) is 0. The average molecular weight is 424 g/mol. The summed E-state index contributed by atoms with van der Waals surface area (Å²) >= 11 is 0. The first kappa shape index (κ1) is 23.7. The number of ether oxygens (including phenoxy) is 4. The van der Waals surface area contributed by atoms with E-state index in [0.29, 0.717) is 53.8 Å². The van der Waals surface area contributed by atoms with Crippen LogP contribution in [-0.2, 0) is 16.0 Å². The standard InChI is InChI=1S/C25H28O6/c1-7-28-22-14-20(30-24(26)16(3)4)11-9-18(22)13-19-10-12-21(15-23(19)29-8-2)31-25(27)17(5)6/h9-12,14-15H,3,5,7-8,13H2,1-2,4,6H3. The van der Waals surface area contributed by atoms with Crippen molar-refractivity contribution in [3.63, 3.8) is 0 Å². The summed E-state index contributed by atoms with van der Waals surface area (Å²) in [4.78, 5) is 23.6. The van der Waals surface area contributed by atoms with Crippen LogP contribution >= 0.6 is 0 Å². The lowest BCUT2D eigenvalue weighted by Gasteiger charge is -2.15. The third kappa shape index (κ3) is 6.74. The fraction of sp³-hybridized carbons (Fsp3) is 0.280. The van der Waals surface area contributed by atoms with Crippen molar-refractivity contribution in [1.29, 1.82) is 0 Å². The van der Waals surface area contributed by atoms with Crippen molar-refractivity contribution in [2.75, 3.05) is 13.2 Å². The van der Waals surface area contributed by atoms with Gasteiger partial charge in [0.15, 0.2) is 0 Å². The van der Waals surface area contributed by atoms with Gasteiger partial charge in [-0.15, -0.1) is 0 Å². The molecule has 0 N–H and O–H groups in total. The zero-order valence-electron chi connectivity index (χ0n) is 18.4. The van der Waals surface area contributed by atoms with Crippen molar-refractivity contribution in [3.8, 4) is 23.0 Å². The van der Waals surface area contributed by atoms with E-state index in [2.05, 4.69) is 13.2 Å². The molecule has 0 radical (unpaired) electrons. The molecular formula is C25H28O6. The summed E-state index contributed by atoms with van der Waals surface area (Å²) in [5.41, 5.74) is 2.42. The second-order valence-corrected chi connectivity index (χ2v) is 6.92. The molecule has 2 aromatic rings. The molecule has 0 atom stereocenters. The van der Waals surface area contributed by atoms with Gasteiger partial charge in [-0.05, 0) is 51.0 Å². The number of benzene rings is 2. The largest absolute Gasteiger partial charge is 0.493 e. The van der Waals surface area contributed by atoms with E-state index in [1.807, 2.05) is 26.0 Å². The molecule has 0 fully saturated rings. The second kappa shape index (κ2) is 11.0. The average Bonchev–Trinajstić information content (AvgIpc) is 2.71. The van der Waals surface area contributed by atoms with E-state index in [-0.39, 0.29) is 0 Å². The Labute approximate surface area is 183 Å². The molecule has 0 saturated carbocycles. The number of esters is 2. The number of carbonyl (C=O) groups excluding carboxylic acids is 2. The van der Waals surface area contributed by atoms with Crippen LogP contribution in [0.4, 0.5) is 0 Å². The quantitative estimate of drug-likeness (QED) is 0.302. The molecule has 2 rings (SSSR count). The Kier molecular flexibility index (Phi) is 8.43. The molecule has 164 valence electrons. The summed E-state index contributed by atoms with van der Waals surface area (Å²) in [6.45, 7) is 15.0. The molecule has 0 aliphatic carbocycles. The summed E-state index contributed by atoms with van der Waals surface area (Å²) in [5.74, 6) is 0.992. The molecule has 0 spiro atoms. The summed E-state index contributed by atoms with van der Waals surface area (Å²) in [5, 5.41) is 0. The van der Waals surface area contributed by atoms with E-state index in [4.69, 9.17) is 18.9 Å². The summed E-state index contributed by atoms with van der Waals surface area (Å²) in [6, 6.07) is 10.5. The highest BCUT2D eigenvalue weighted by atomic mass is 16.5. The first-order valence-electron chi connectivity index (χ1n) is 10.0. The molecule has 0 heterocycles. The van der Waals surface area contributed by atoms with Gasteiger partial charge in [0.2, 0.25) is 0 Å². The Bertz CT molecular complexity index is 910. The monoisotopic (exact) mass is 424 g/mol. The predicted molar refractivity (Wildman–Crippen MR) is 119 cm³/mol. The highest BCUT2D eigenvalue weighted by molar-refractivity contribution is 5.89. The van der Waals surface area contributed by atoms with Gasteiger partial charge < -0.3 is 18.9 Å². The third-order valence-corrected chi connectivity index (χ3v) is 4.18. The summed E-state index contributed by atoms with van der Waals surface area (Å²) in [6.07, 6.45) is 0.508. The van der Waals surface area contributed by atoms with E-state index in [1.165, 1.54) is 0 Å². The Morgan fingerprint density at radius 1 is 0.742 bits per heavy atom. The molecule has 0 bridgehead atoms. The third-order valence-electron chi connectivity index (χ3n) is 4.18. The molecule has 2 aromatic carbocycles. The molecule has 0 aliphatic rings. The minimum atomic E-state index is -0.492. The van der Waals surface area contributed by atoms with Gasteiger partial charge in [0.05, 0.1) is 13.2 Å².